The Hall–Kier alpha value is -0.850. The van der Waals surface area contributed by atoms with Crippen LogP contribution < -0.4 is 0 Å². The molecule has 0 spiro atoms. The zero-order valence-corrected chi connectivity index (χ0v) is 23.8. The van der Waals surface area contributed by atoms with Crippen molar-refractivity contribution in [2.24, 2.45) is 0 Å². The second-order valence-electron chi connectivity index (χ2n) is 11.2. The van der Waals surface area contributed by atoms with E-state index in [2.05, 4.69) is 6.92 Å². The van der Waals surface area contributed by atoms with Gasteiger partial charge in [-0.1, -0.05) is 96.8 Å². The molecule has 5 N–H and O–H groups in total. The van der Waals surface area contributed by atoms with E-state index in [1.165, 1.54) is 77.0 Å². The Kier molecular flexibility index (Phi) is 17.7. The Balaban J connectivity index is 1.52. The fraction of sp³-hybridized carbons (Fsp3) is 0.966. The fourth-order valence-corrected chi connectivity index (χ4v) is 5.14. The predicted octanol–water partition coefficient (Wildman–Crippen LogP) is 3.43. The molecule has 2 rings (SSSR count). The van der Waals surface area contributed by atoms with Gasteiger partial charge in [0.15, 0.2) is 18.9 Å². The summed E-state index contributed by atoms with van der Waals surface area (Å²) < 4.78 is 21.6. The second-order valence-corrected chi connectivity index (χ2v) is 11.2. The number of carbonyl (C=O) groups excluding carboxylic acids is 1. The van der Waals surface area contributed by atoms with Gasteiger partial charge in [0.25, 0.3) is 0 Å². The maximum absolute atomic E-state index is 12.2. The van der Waals surface area contributed by atoms with E-state index in [-0.39, 0.29) is 25.4 Å². The molecule has 10 nitrogen and oxygen atoms in total. The number of esters is 1. The smallest absolute Gasteiger partial charge is 0.305 e. The van der Waals surface area contributed by atoms with Crippen LogP contribution in [0.1, 0.15) is 122 Å². The predicted molar refractivity (Wildman–Crippen MR) is 144 cm³/mol. The number of aliphatic hydroxyl groups excluding tert-OH is 5. The lowest BCUT2D eigenvalue weighted by Gasteiger charge is -2.41. The Labute approximate surface area is 234 Å². The molecule has 0 saturated carbocycles. The quantitative estimate of drug-likeness (QED) is 0.110. The first-order chi connectivity index (χ1) is 18.8. The summed E-state index contributed by atoms with van der Waals surface area (Å²) in [6.07, 6.45) is 9.21. The largest absolute Gasteiger partial charge is 0.463 e. The molecular formula is C29H54O10. The lowest BCUT2D eigenvalue weighted by molar-refractivity contribution is -0.338. The van der Waals surface area contributed by atoms with Crippen LogP contribution in [0.5, 0.6) is 0 Å². The topological polar surface area (TPSA) is 155 Å². The van der Waals surface area contributed by atoms with Crippen LogP contribution in [0, 0.1) is 0 Å². The highest BCUT2D eigenvalue weighted by atomic mass is 16.7. The van der Waals surface area contributed by atoms with Crippen LogP contribution >= 0.6 is 0 Å². The standard InChI is InChI=1S/C29H54O10/c1-2-3-4-5-6-7-8-9-10-11-12-13-14-15-16-17-25(32)36-20-24-23(18-22(31)28(34)38-24)37-26-19-21(30)27(33)29(35)39-26/h21-24,26-31,33-35H,2-20H2,1H3/t21-,22-,23?,24?,26?,27+,28?,29+/m1/s1. The third-order valence-corrected chi connectivity index (χ3v) is 7.66. The molecule has 230 valence electrons. The SMILES string of the molecule is CCCCCCCCCCCCCCCCCC(=O)OCC1OC(O)[C@H](O)CC1OC1C[C@@H](O)[C@H](O)[C@@H](O)O1. The van der Waals surface area contributed by atoms with Crippen molar-refractivity contribution in [2.45, 2.75) is 172 Å². The molecule has 4 unspecified atom stereocenters. The molecule has 0 aromatic carbocycles. The first kappa shape index (κ1) is 34.4. The van der Waals surface area contributed by atoms with Crippen LogP contribution in [0.3, 0.4) is 0 Å². The molecule has 0 aromatic rings. The number of ether oxygens (including phenoxy) is 4. The number of hydrogen-bond donors (Lipinski definition) is 5. The molecule has 0 amide bonds. The third kappa shape index (κ3) is 14.1. The molecule has 10 heteroatoms. The van der Waals surface area contributed by atoms with Gasteiger partial charge in [-0.2, -0.15) is 0 Å². The van der Waals surface area contributed by atoms with Crippen molar-refractivity contribution in [1.29, 1.82) is 0 Å². The van der Waals surface area contributed by atoms with E-state index < -0.39 is 49.4 Å². The van der Waals surface area contributed by atoms with Crippen LogP contribution in [-0.2, 0) is 23.7 Å². The Bertz CT molecular complexity index is 623. The van der Waals surface area contributed by atoms with Gasteiger partial charge in [0.05, 0.1) is 12.2 Å². The summed E-state index contributed by atoms with van der Waals surface area (Å²) in [5, 5.41) is 49.1. The number of carbonyl (C=O) groups is 1. The van der Waals surface area contributed by atoms with Crippen molar-refractivity contribution >= 4 is 5.97 Å². The minimum Gasteiger partial charge on any atom is -0.463 e. The highest BCUT2D eigenvalue weighted by Crippen LogP contribution is 2.27. The van der Waals surface area contributed by atoms with Crippen molar-refractivity contribution < 1.29 is 49.3 Å². The van der Waals surface area contributed by atoms with Gasteiger partial charge in [-0.05, 0) is 6.42 Å². The van der Waals surface area contributed by atoms with E-state index >= 15 is 0 Å². The lowest BCUT2D eigenvalue weighted by atomic mass is 10.0. The van der Waals surface area contributed by atoms with E-state index in [1.807, 2.05) is 0 Å². The van der Waals surface area contributed by atoms with Crippen molar-refractivity contribution in [3.05, 3.63) is 0 Å². The van der Waals surface area contributed by atoms with E-state index in [0.717, 1.165) is 19.3 Å². The monoisotopic (exact) mass is 562 g/mol. The summed E-state index contributed by atoms with van der Waals surface area (Å²) in [5.41, 5.74) is 0. The normalized spacial score (nSPS) is 31.3. The summed E-state index contributed by atoms with van der Waals surface area (Å²) >= 11 is 0. The molecule has 2 heterocycles. The highest BCUT2D eigenvalue weighted by molar-refractivity contribution is 5.69. The van der Waals surface area contributed by atoms with Crippen LogP contribution in [0.15, 0.2) is 0 Å². The van der Waals surface area contributed by atoms with Crippen LogP contribution in [-0.4, -0.2) is 87.5 Å². The van der Waals surface area contributed by atoms with E-state index in [1.54, 1.807) is 0 Å². The average Bonchev–Trinajstić information content (AvgIpc) is 2.90. The van der Waals surface area contributed by atoms with Crippen LogP contribution in [0.4, 0.5) is 0 Å². The molecule has 2 saturated heterocycles. The van der Waals surface area contributed by atoms with Crippen molar-refractivity contribution in [3.8, 4) is 0 Å². The average molecular weight is 563 g/mol. The zero-order valence-electron chi connectivity index (χ0n) is 23.8. The van der Waals surface area contributed by atoms with E-state index in [9.17, 15) is 30.3 Å². The first-order valence-electron chi connectivity index (χ1n) is 15.3. The molecule has 0 aliphatic carbocycles. The summed E-state index contributed by atoms with van der Waals surface area (Å²) in [6, 6.07) is 0. The van der Waals surface area contributed by atoms with Crippen molar-refractivity contribution in [1.82, 2.24) is 0 Å². The Morgan fingerprint density at radius 3 is 1.77 bits per heavy atom. The van der Waals surface area contributed by atoms with Crippen LogP contribution in [0.25, 0.3) is 0 Å². The molecule has 0 bridgehead atoms. The van der Waals surface area contributed by atoms with Gasteiger partial charge in [0, 0.05) is 19.3 Å². The molecule has 2 aliphatic heterocycles. The van der Waals surface area contributed by atoms with Gasteiger partial charge in [-0.15, -0.1) is 0 Å². The fourth-order valence-electron chi connectivity index (χ4n) is 5.14. The second kappa shape index (κ2) is 20.1. The first-order valence-corrected chi connectivity index (χ1v) is 15.3. The third-order valence-electron chi connectivity index (χ3n) is 7.66. The summed E-state index contributed by atoms with van der Waals surface area (Å²) in [6.45, 7) is 2.08. The molecule has 39 heavy (non-hydrogen) atoms. The zero-order chi connectivity index (χ0) is 28.5. The Morgan fingerprint density at radius 1 is 0.692 bits per heavy atom. The lowest BCUT2D eigenvalue weighted by Crippen LogP contribution is -2.54. The Morgan fingerprint density at radius 2 is 1.23 bits per heavy atom. The molecule has 0 radical (unpaired) electrons. The van der Waals surface area contributed by atoms with E-state index in [4.69, 9.17) is 18.9 Å². The van der Waals surface area contributed by atoms with Crippen molar-refractivity contribution in [3.63, 3.8) is 0 Å². The molecule has 2 fully saturated rings. The van der Waals surface area contributed by atoms with Gasteiger partial charge in [0.1, 0.15) is 24.9 Å². The maximum atomic E-state index is 12.2. The summed E-state index contributed by atoms with van der Waals surface area (Å²) in [5.74, 6) is -0.365. The highest BCUT2D eigenvalue weighted by Gasteiger charge is 2.42. The van der Waals surface area contributed by atoms with Gasteiger partial charge in [0.2, 0.25) is 0 Å². The van der Waals surface area contributed by atoms with E-state index in [0.29, 0.717) is 6.42 Å². The number of hydrogen-bond acceptors (Lipinski definition) is 10. The minimum absolute atomic E-state index is 0.0168. The van der Waals surface area contributed by atoms with Crippen molar-refractivity contribution in [2.75, 3.05) is 6.61 Å². The van der Waals surface area contributed by atoms with Gasteiger partial charge in [-0.25, -0.2) is 0 Å². The summed E-state index contributed by atoms with van der Waals surface area (Å²) in [4.78, 5) is 12.2. The van der Waals surface area contributed by atoms with Crippen LogP contribution in [0.2, 0.25) is 0 Å². The number of unbranched alkanes of at least 4 members (excludes halogenated alkanes) is 14. The molecule has 2 aliphatic rings. The molecule has 0 aromatic heterocycles. The van der Waals surface area contributed by atoms with Gasteiger partial charge in [-0.3, -0.25) is 4.79 Å². The van der Waals surface area contributed by atoms with Gasteiger partial charge >= 0.3 is 5.97 Å². The minimum atomic E-state index is -1.62. The number of aliphatic hydroxyl groups is 5. The maximum Gasteiger partial charge on any atom is 0.305 e. The molecular weight excluding hydrogens is 508 g/mol. The number of rotatable bonds is 20. The summed E-state index contributed by atoms with van der Waals surface area (Å²) in [7, 11) is 0. The van der Waals surface area contributed by atoms with Gasteiger partial charge < -0.3 is 44.5 Å². The molecule has 8 atom stereocenters.